The first-order valence-electron chi connectivity index (χ1n) is 15.4. The van der Waals surface area contributed by atoms with Crippen LogP contribution in [-0.4, -0.2) is 11.1 Å². The topological polar surface area (TPSA) is 37.3 Å². The number of aliphatic carboxylic acids is 1. The number of unbranched alkanes of at least 4 members (excludes halogenated alkanes) is 16. The Morgan fingerprint density at radius 2 is 0.962 bits per heavy atom. The highest BCUT2D eigenvalue weighted by Gasteiger charge is 1.97. The lowest BCUT2D eigenvalue weighted by molar-refractivity contribution is -0.137. The quantitative estimate of drug-likeness (QED) is 0.192. The van der Waals surface area contributed by atoms with Crippen LogP contribution in [0.1, 0.15) is 160 Å². The van der Waals surface area contributed by atoms with Gasteiger partial charge < -0.3 is 5.11 Å². The van der Waals surface area contributed by atoms with E-state index < -0.39 is 31.9 Å². The molecule has 0 bridgehead atoms. The van der Waals surface area contributed by atoms with Gasteiger partial charge in [0.2, 0.25) is 0 Å². The van der Waals surface area contributed by atoms with Gasteiger partial charge in [0.25, 0.3) is 0 Å². The molecule has 0 aliphatic carbocycles. The Labute approximate surface area is 177 Å². The van der Waals surface area contributed by atoms with E-state index in [1.54, 1.807) is 0 Å². The van der Waals surface area contributed by atoms with Crippen LogP contribution in [0.5, 0.6) is 0 Å². The smallest absolute Gasteiger partial charge is 0.303 e. The third-order valence-corrected chi connectivity index (χ3v) is 4.84. The number of carboxylic acids is 1. The summed E-state index contributed by atoms with van der Waals surface area (Å²) in [6.45, 7) is -3.23. The van der Waals surface area contributed by atoms with Crippen LogP contribution in [-0.2, 0) is 4.79 Å². The Morgan fingerprint density at radius 3 is 1.31 bits per heavy atom. The summed E-state index contributed by atoms with van der Waals surface area (Å²) < 4.78 is 68.6. The summed E-state index contributed by atoms with van der Waals surface area (Å²) >= 11 is 0. The first kappa shape index (κ1) is 13.6. The van der Waals surface area contributed by atoms with Crippen molar-refractivity contribution in [2.75, 3.05) is 0 Å². The molecule has 26 heavy (non-hydrogen) atoms. The Hall–Kier alpha value is -0.530. The zero-order valence-electron chi connectivity index (χ0n) is 25.8. The summed E-state index contributed by atoms with van der Waals surface area (Å²) in [5.74, 6) is -0.701. The van der Waals surface area contributed by atoms with Crippen molar-refractivity contribution in [3.63, 3.8) is 0 Å². The molecule has 0 saturated carbocycles. The van der Waals surface area contributed by atoms with Gasteiger partial charge >= 0.3 is 5.97 Å². The third kappa shape index (κ3) is 23.5. The van der Waals surface area contributed by atoms with E-state index in [0.29, 0.717) is 6.42 Å². The van der Waals surface area contributed by atoms with Crippen molar-refractivity contribution >= 4 is 5.97 Å². The summed E-state index contributed by atoms with van der Waals surface area (Å²) in [7, 11) is 0. The summed E-state index contributed by atoms with van der Waals surface area (Å²) in [6.07, 6.45) is 9.51. The standard InChI is InChI=1S/C24H48O2/c1-2-3-4-5-6-7-8-9-10-11-12-13-14-15-16-17-18-19-20-21-22-23-24(25)26/h2-23H2,1H3,(H,25,26)/i1D3,2D2,3D2,4D2. The Bertz CT molecular complexity index is 564. The van der Waals surface area contributed by atoms with Crippen molar-refractivity contribution in [3.8, 4) is 0 Å². The molecule has 1 N–H and O–H groups in total. The van der Waals surface area contributed by atoms with Crippen molar-refractivity contribution in [2.45, 2.75) is 148 Å². The molecular formula is C24H48O2. The normalized spacial score (nSPS) is 18.4. The van der Waals surface area contributed by atoms with Crippen molar-refractivity contribution in [1.29, 1.82) is 0 Å². The zero-order chi connectivity index (χ0) is 27.0. The first-order chi connectivity index (χ1) is 16.2. The van der Waals surface area contributed by atoms with Crippen molar-refractivity contribution in [1.82, 2.24) is 0 Å². The van der Waals surface area contributed by atoms with E-state index in [-0.39, 0.29) is 12.8 Å². The van der Waals surface area contributed by atoms with Crippen LogP contribution in [0.4, 0.5) is 0 Å². The van der Waals surface area contributed by atoms with Crippen LogP contribution in [0.15, 0.2) is 0 Å². The van der Waals surface area contributed by atoms with Crippen molar-refractivity contribution in [2.24, 2.45) is 0 Å². The monoisotopic (exact) mass is 377 g/mol. The molecule has 0 aliphatic rings. The third-order valence-electron chi connectivity index (χ3n) is 4.84. The number of hydrogen-bond donors (Lipinski definition) is 1. The first-order valence-corrected chi connectivity index (χ1v) is 10.9. The molecular weight excluding hydrogens is 320 g/mol. The number of hydrogen-bond acceptors (Lipinski definition) is 1. The second kappa shape index (κ2) is 22.5. The van der Waals surface area contributed by atoms with Crippen LogP contribution in [0.2, 0.25) is 0 Å². The molecule has 0 aliphatic heterocycles. The minimum atomic E-state index is -3.26. The molecule has 0 aromatic heterocycles. The Balaban J connectivity index is 3.64. The largest absolute Gasteiger partial charge is 0.481 e. The van der Waals surface area contributed by atoms with Gasteiger partial charge in [0, 0.05) is 18.8 Å². The van der Waals surface area contributed by atoms with Crippen LogP contribution >= 0.6 is 0 Å². The van der Waals surface area contributed by atoms with E-state index in [1.165, 1.54) is 57.8 Å². The average Bonchev–Trinajstić information content (AvgIpc) is 2.74. The lowest BCUT2D eigenvalue weighted by Crippen LogP contribution is -1.93. The van der Waals surface area contributed by atoms with Crippen LogP contribution < -0.4 is 0 Å². The van der Waals surface area contributed by atoms with Crippen molar-refractivity contribution < 1.29 is 22.2 Å². The van der Waals surface area contributed by atoms with Gasteiger partial charge in [0.15, 0.2) is 0 Å². The van der Waals surface area contributed by atoms with Crippen LogP contribution in [0, 0.1) is 0 Å². The van der Waals surface area contributed by atoms with E-state index in [2.05, 4.69) is 0 Å². The van der Waals surface area contributed by atoms with Gasteiger partial charge in [-0.3, -0.25) is 4.79 Å². The van der Waals surface area contributed by atoms with Crippen LogP contribution in [0.25, 0.3) is 0 Å². The molecule has 2 heteroatoms. The molecule has 0 fully saturated rings. The summed E-state index contributed by atoms with van der Waals surface area (Å²) in [4.78, 5) is 10.4. The molecule has 0 heterocycles. The Kier molecular flexibility index (Phi) is 11.8. The highest BCUT2D eigenvalue weighted by atomic mass is 16.4. The van der Waals surface area contributed by atoms with Crippen molar-refractivity contribution in [3.05, 3.63) is 0 Å². The van der Waals surface area contributed by atoms with Gasteiger partial charge in [-0.1, -0.05) is 135 Å². The number of rotatable bonds is 22. The second-order valence-electron chi connectivity index (χ2n) is 7.33. The molecule has 0 amide bonds. The maximum atomic E-state index is 10.4. The fourth-order valence-corrected chi connectivity index (χ4v) is 3.25. The van der Waals surface area contributed by atoms with E-state index in [0.717, 1.165) is 44.9 Å². The highest BCUT2D eigenvalue weighted by molar-refractivity contribution is 5.66. The van der Waals surface area contributed by atoms with Gasteiger partial charge in [0.05, 0.1) is 0 Å². The SMILES string of the molecule is [2H]C([2H])([2H])C([2H])([2H])C([2H])([2H])C([2H])([2H])CCCCCCCCCCCCCCCCCCCC(=O)O. The lowest BCUT2D eigenvalue weighted by Gasteiger charge is -2.04. The molecule has 0 aromatic carbocycles. The van der Waals surface area contributed by atoms with Gasteiger partial charge in [-0.15, -0.1) is 0 Å². The molecule has 2 nitrogen and oxygen atoms in total. The highest BCUT2D eigenvalue weighted by Crippen LogP contribution is 2.15. The van der Waals surface area contributed by atoms with E-state index in [1.807, 2.05) is 0 Å². The van der Waals surface area contributed by atoms with Crippen LogP contribution in [0.3, 0.4) is 0 Å². The molecule has 156 valence electrons. The second-order valence-corrected chi connectivity index (χ2v) is 7.33. The predicted molar refractivity (Wildman–Crippen MR) is 115 cm³/mol. The molecule has 0 unspecified atom stereocenters. The molecule has 0 rings (SSSR count). The average molecular weight is 378 g/mol. The minimum Gasteiger partial charge on any atom is -0.481 e. The minimum absolute atomic E-state index is 0.194. The molecule has 0 radical (unpaired) electrons. The lowest BCUT2D eigenvalue weighted by atomic mass is 10.0. The van der Waals surface area contributed by atoms with Gasteiger partial charge in [-0.25, -0.2) is 0 Å². The van der Waals surface area contributed by atoms with E-state index in [9.17, 15) is 4.79 Å². The molecule has 0 spiro atoms. The number of carboxylic acid groups (broad SMARTS) is 1. The van der Waals surface area contributed by atoms with E-state index >= 15 is 0 Å². The Morgan fingerprint density at radius 1 is 0.615 bits per heavy atom. The van der Waals surface area contributed by atoms with E-state index in [4.69, 9.17) is 17.4 Å². The number of carbonyl (C=O) groups is 1. The molecule has 0 saturated heterocycles. The molecule has 0 atom stereocenters. The summed E-state index contributed by atoms with van der Waals surface area (Å²) in [5.41, 5.74) is 0. The molecule has 0 aromatic rings. The fourth-order valence-electron chi connectivity index (χ4n) is 3.25. The fraction of sp³-hybridized carbons (Fsp3) is 0.958. The maximum absolute atomic E-state index is 10.4. The van der Waals surface area contributed by atoms with Gasteiger partial charge in [-0.05, 0) is 6.42 Å². The summed E-state index contributed by atoms with van der Waals surface area (Å²) in [5, 5.41) is 8.59. The van der Waals surface area contributed by atoms with Gasteiger partial charge in [-0.2, -0.15) is 0 Å². The summed E-state index contributed by atoms with van der Waals surface area (Å²) in [6, 6.07) is 0. The zero-order valence-corrected chi connectivity index (χ0v) is 16.8. The predicted octanol–water partition coefficient (Wildman–Crippen LogP) is 8.67. The maximum Gasteiger partial charge on any atom is 0.303 e. The van der Waals surface area contributed by atoms with Gasteiger partial charge in [0.1, 0.15) is 0 Å².